The predicted molar refractivity (Wildman–Crippen MR) is 39.9 cm³/mol. The molecule has 1 saturated carbocycles. The minimum atomic E-state index is 0.832. The second-order valence-corrected chi connectivity index (χ2v) is 3.59. The van der Waals surface area contributed by atoms with Crippen molar-refractivity contribution in [3.05, 3.63) is 0 Å². The highest BCUT2D eigenvalue weighted by Gasteiger charge is 2.37. The zero-order chi connectivity index (χ0) is 6.97. The van der Waals surface area contributed by atoms with Gasteiger partial charge in [-0.3, -0.25) is 0 Å². The number of hydrogen-bond acceptors (Lipinski definition) is 2. The van der Waals surface area contributed by atoms with E-state index in [2.05, 4.69) is 5.32 Å². The molecule has 2 heteroatoms. The molecule has 3 rings (SSSR count). The van der Waals surface area contributed by atoms with E-state index in [0.29, 0.717) is 0 Å². The Morgan fingerprint density at radius 2 is 1.90 bits per heavy atom. The average molecular weight is 141 g/mol. The topological polar surface area (TPSA) is 21.3 Å². The highest BCUT2D eigenvalue weighted by molar-refractivity contribution is 4.96. The van der Waals surface area contributed by atoms with Gasteiger partial charge in [-0.25, -0.2) is 0 Å². The van der Waals surface area contributed by atoms with Gasteiger partial charge in [0.15, 0.2) is 0 Å². The molecule has 3 fully saturated rings. The van der Waals surface area contributed by atoms with Gasteiger partial charge in [-0.2, -0.15) is 0 Å². The molecule has 2 bridgehead atoms. The van der Waals surface area contributed by atoms with Crippen molar-refractivity contribution in [3.8, 4) is 0 Å². The molecular weight excluding hydrogens is 126 g/mol. The molecule has 10 heavy (non-hydrogen) atoms. The van der Waals surface area contributed by atoms with Crippen LogP contribution in [0.4, 0.5) is 0 Å². The van der Waals surface area contributed by atoms with E-state index in [1.807, 2.05) is 0 Å². The second-order valence-electron chi connectivity index (χ2n) is 3.59. The van der Waals surface area contributed by atoms with E-state index in [0.717, 1.165) is 24.6 Å². The summed E-state index contributed by atoms with van der Waals surface area (Å²) in [5, 5.41) is 3.51. The molecule has 2 aliphatic heterocycles. The molecule has 58 valence electrons. The number of fused-ring (bicyclic) bond motifs is 2. The number of rotatable bonds is 2. The van der Waals surface area contributed by atoms with Crippen LogP contribution in [-0.4, -0.2) is 25.8 Å². The predicted octanol–water partition coefficient (Wildman–Crippen LogP) is 0.773. The van der Waals surface area contributed by atoms with Crippen molar-refractivity contribution in [1.29, 1.82) is 0 Å². The number of nitrogens with one attached hydrogen (secondary N) is 1. The lowest BCUT2D eigenvalue weighted by molar-refractivity contribution is 0.0638. The molecule has 3 aliphatic rings. The Labute approximate surface area is 61.9 Å². The zero-order valence-corrected chi connectivity index (χ0v) is 6.47. The third kappa shape index (κ3) is 1.06. The van der Waals surface area contributed by atoms with Gasteiger partial charge in [0.1, 0.15) is 0 Å². The molecule has 1 aliphatic carbocycles. The molecule has 0 aromatic carbocycles. The normalized spacial score (nSPS) is 44.7. The Kier molecular flexibility index (Phi) is 1.66. The molecule has 0 radical (unpaired) electrons. The first-order chi connectivity index (χ1) is 4.88. The van der Waals surface area contributed by atoms with Gasteiger partial charge in [-0.15, -0.1) is 0 Å². The first-order valence-electron chi connectivity index (χ1n) is 4.13. The van der Waals surface area contributed by atoms with Gasteiger partial charge in [0.2, 0.25) is 0 Å². The van der Waals surface area contributed by atoms with Crippen LogP contribution in [0, 0.1) is 5.92 Å². The van der Waals surface area contributed by atoms with Gasteiger partial charge in [0.25, 0.3) is 0 Å². The fourth-order valence-electron chi connectivity index (χ4n) is 2.25. The number of hydrogen-bond donors (Lipinski definition) is 1. The zero-order valence-electron chi connectivity index (χ0n) is 6.47. The quantitative estimate of drug-likeness (QED) is 0.613. The Bertz CT molecular complexity index is 110. The smallest absolute Gasteiger partial charge is 0.0491 e. The average Bonchev–Trinajstić information content (AvgIpc) is 1.87. The third-order valence-corrected chi connectivity index (χ3v) is 2.68. The van der Waals surface area contributed by atoms with Crippen LogP contribution in [0.15, 0.2) is 0 Å². The molecule has 0 aromatic rings. The lowest BCUT2D eigenvalue weighted by Crippen LogP contribution is -2.58. The van der Waals surface area contributed by atoms with Crippen molar-refractivity contribution in [3.63, 3.8) is 0 Å². The van der Waals surface area contributed by atoms with Crippen molar-refractivity contribution in [2.45, 2.75) is 31.3 Å². The van der Waals surface area contributed by atoms with Gasteiger partial charge in [-0.1, -0.05) is 0 Å². The van der Waals surface area contributed by atoms with Crippen LogP contribution in [0.1, 0.15) is 19.3 Å². The maximum atomic E-state index is 5.12. The van der Waals surface area contributed by atoms with Gasteiger partial charge in [0, 0.05) is 25.8 Å². The summed E-state index contributed by atoms with van der Waals surface area (Å²) in [5.41, 5.74) is 0. The maximum absolute atomic E-state index is 5.12. The van der Waals surface area contributed by atoms with Crippen LogP contribution in [0.25, 0.3) is 0 Å². The van der Waals surface area contributed by atoms with Crippen LogP contribution >= 0.6 is 0 Å². The highest BCUT2D eigenvalue weighted by atomic mass is 16.5. The number of piperidine rings is 1. The van der Waals surface area contributed by atoms with Gasteiger partial charge in [-0.05, 0) is 25.2 Å². The molecule has 2 unspecified atom stereocenters. The van der Waals surface area contributed by atoms with Crippen LogP contribution in [-0.2, 0) is 4.74 Å². The Balaban J connectivity index is 1.80. The second kappa shape index (κ2) is 2.51. The summed E-state index contributed by atoms with van der Waals surface area (Å²) in [4.78, 5) is 0. The van der Waals surface area contributed by atoms with Crippen molar-refractivity contribution < 1.29 is 4.74 Å². The first kappa shape index (κ1) is 6.62. The summed E-state index contributed by atoms with van der Waals surface area (Å²) in [6.07, 6.45) is 4.09. The molecule has 0 amide bonds. The van der Waals surface area contributed by atoms with Crippen molar-refractivity contribution in [2.75, 3.05) is 13.7 Å². The van der Waals surface area contributed by atoms with Crippen molar-refractivity contribution >= 4 is 0 Å². The van der Waals surface area contributed by atoms with Crippen LogP contribution in [0.3, 0.4) is 0 Å². The molecular formula is C8H15NO. The summed E-state index contributed by atoms with van der Waals surface area (Å²) >= 11 is 0. The van der Waals surface area contributed by atoms with Crippen molar-refractivity contribution in [2.24, 2.45) is 5.92 Å². The fourth-order valence-corrected chi connectivity index (χ4v) is 2.25. The molecule has 2 nitrogen and oxygen atoms in total. The SMILES string of the molecule is COCC1CC2CC(C1)N2. The summed E-state index contributed by atoms with van der Waals surface area (Å²) < 4.78 is 5.12. The van der Waals surface area contributed by atoms with E-state index < -0.39 is 0 Å². The summed E-state index contributed by atoms with van der Waals surface area (Å²) in [6.45, 7) is 0.967. The first-order valence-corrected chi connectivity index (χ1v) is 4.13. The minimum absolute atomic E-state index is 0.832. The summed E-state index contributed by atoms with van der Waals surface area (Å²) in [5.74, 6) is 0.843. The number of methoxy groups -OCH3 is 1. The lowest BCUT2D eigenvalue weighted by atomic mass is 9.76. The van der Waals surface area contributed by atoms with Crippen LogP contribution in [0.2, 0.25) is 0 Å². The van der Waals surface area contributed by atoms with Crippen LogP contribution < -0.4 is 5.32 Å². The molecule has 2 heterocycles. The van der Waals surface area contributed by atoms with E-state index in [9.17, 15) is 0 Å². The fraction of sp³-hybridized carbons (Fsp3) is 1.00. The minimum Gasteiger partial charge on any atom is -0.384 e. The summed E-state index contributed by atoms with van der Waals surface area (Å²) in [7, 11) is 1.80. The molecule has 0 spiro atoms. The summed E-state index contributed by atoms with van der Waals surface area (Å²) in [6, 6.07) is 1.66. The van der Waals surface area contributed by atoms with E-state index in [1.54, 1.807) is 7.11 Å². The van der Waals surface area contributed by atoms with Crippen molar-refractivity contribution in [1.82, 2.24) is 5.32 Å². The molecule has 2 atom stereocenters. The van der Waals surface area contributed by atoms with E-state index in [4.69, 9.17) is 4.74 Å². The monoisotopic (exact) mass is 141 g/mol. The van der Waals surface area contributed by atoms with E-state index in [-0.39, 0.29) is 0 Å². The highest BCUT2D eigenvalue weighted by Crippen LogP contribution is 2.32. The molecule has 0 aromatic heterocycles. The standard InChI is InChI=1S/C8H15NO/c1-10-5-6-2-7-4-8(3-6)9-7/h6-9H,2-5H2,1H3. The van der Waals surface area contributed by atoms with Crippen LogP contribution in [0.5, 0.6) is 0 Å². The maximum Gasteiger partial charge on any atom is 0.0491 e. The largest absolute Gasteiger partial charge is 0.384 e. The Morgan fingerprint density at radius 1 is 1.30 bits per heavy atom. The Morgan fingerprint density at radius 3 is 2.40 bits per heavy atom. The third-order valence-electron chi connectivity index (χ3n) is 2.68. The molecule has 2 saturated heterocycles. The van der Waals surface area contributed by atoms with Gasteiger partial charge >= 0.3 is 0 Å². The van der Waals surface area contributed by atoms with Gasteiger partial charge in [0.05, 0.1) is 0 Å². The van der Waals surface area contributed by atoms with E-state index >= 15 is 0 Å². The van der Waals surface area contributed by atoms with E-state index in [1.165, 1.54) is 19.3 Å². The lowest BCUT2D eigenvalue weighted by Gasteiger charge is -2.46. The van der Waals surface area contributed by atoms with Gasteiger partial charge < -0.3 is 10.1 Å². The Hall–Kier alpha value is -0.0800. The molecule has 1 N–H and O–H groups in total. The number of ether oxygens (including phenoxy) is 1.